The molecule has 1 amide bonds. The summed E-state index contributed by atoms with van der Waals surface area (Å²) in [4.78, 5) is 12.4. The van der Waals surface area contributed by atoms with Gasteiger partial charge in [-0.25, -0.2) is 0 Å². The van der Waals surface area contributed by atoms with Gasteiger partial charge in [-0.3, -0.25) is 9.48 Å². The maximum atomic E-state index is 12.4. The van der Waals surface area contributed by atoms with Crippen molar-refractivity contribution in [1.82, 2.24) is 15.1 Å². The van der Waals surface area contributed by atoms with Crippen LogP contribution < -0.4 is 5.32 Å². The standard InChI is InChI=1S/C17H31N3O2/c1-12(2)8-9-17(6,22)11-18-15(21)13-10-20(7)19-14(13)16(3,4)5/h10,12,22H,8-9,11H2,1-7H3,(H,18,21). The summed E-state index contributed by atoms with van der Waals surface area (Å²) in [6.07, 6.45) is 3.34. The topological polar surface area (TPSA) is 67.2 Å². The molecule has 126 valence electrons. The zero-order valence-corrected chi connectivity index (χ0v) is 15.0. The van der Waals surface area contributed by atoms with Gasteiger partial charge in [0.15, 0.2) is 0 Å². The first-order valence-corrected chi connectivity index (χ1v) is 7.97. The van der Waals surface area contributed by atoms with E-state index in [0.717, 1.165) is 12.1 Å². The number of hydrogen-bond acceptors (Lipinski definition) is 3. The molecular weight excluding hydrogens is 278 g/mol. The van der Waals surface area contributed by atoms with Gasteiger partial charge >= 0.3 is 0 Å². The molecule has 0 spiro atoms. The van der Waals surface area contributed by atoms with E-state index < -0.39 is 5.60 Å². The molecule has 0 aromatic carbocycles. The van der Waals surface area contributed by atoms with Crippen LogP contribution >= 0.6 is 0 Å². The molecule has 1 aromatic heterocycles. The van der Waals surface area contributed by atoms with Gasteiger partial charge in [0.05, 0.1) is 16.9 Å². The molecular formula is C17H31N3O2. The minimum absolute atomic E-state index is 0.178. The average Bonchev–Trinajstić information content (AvgIpc) is 2.76. The largest absolute Gasteiger partial charge is 0.388 e. The zero-order valence-electron chi connectivity index (χ0n) is 15.0. The SMILES string of the molecule is CC(C)CCC(C)(O)CNC(=O)c1cn(C)nc1C(C)(C)C. The summed E-state index contributed by atoms with van der Waals surface area (Å²) in [7, 11) is 1.81. The van der Waals surface area contributed by atoms with E-state index in [0.29, 0.717) is 17.9 Å². The van der Waals surface area contributed by atoms with E-state index in [9.17, 15) is 9.90 Å². The third-order valence-electron chi connectivity index (χ3n) is 3.67. The number of aryl methyl sites for hydroxylation is 1. The lowest BCUT2D eigenvalue weighted by atomic mass is 9.89. The normalized spacial score (nSPS) is 15.0. The Kier molecular flexibility index (Phi) is 5.79. The molecule has 0 aliphatic rings. The van der Waals surface area contributed by atoms with Gasteiger partial charge in [-0.2, -0.15) is 5.10 Å². The fourth-order valence-corrected chi connectivity index (χ4v) is 2.26. The molecule has 1 rings (SSSR count). The van der Waals surface area contributed by atoms with Crippen LogP contribution in [0.15, 0.2) is 6.20 Å². The number of carbonyl (C=O) groups is 1. The second-order valence-corrected chi connectivity index (χ2v) is 7.93. The Balaban J connectivity index is 2.74. The van der Waals surface area contributed by atoms with Gasteiger partial charge in [0.1, 0.15) is 0 Å². The highest BCUT2D eigenvalue weighted by molar-refractivity contribution is 5.95. The number of aromatic nitrogens is 2. The van der Waals surface area contributed by atoms with Crippen LogP contribution in [-0.4, -0.2) is 32.9 Å². The summed E-state index contributed by atoms with van der Waals surface area (Å²) in [6, 6.07) is 0. The third-order valence-corrected chi connectivity index (χ3v) is 3.67. The summed E-state index contributed by atoms with van der Waals surface area (Å²) in [5.41, 5.74) is 0.266. The molecule has 0 aliphatic heterocycles. The quantitative estimate of drug-likeness (QED) is 0.849. The molecule has 0 aliphatic carbocycles. The van der Waals surface area contributed by atoms with Crippen LogP contribution in [0.25, 0.3) is 0 Å². The second-order valence-electron chi connectivity index (χ2n) is 7.93. The van der Waals surface area contributed by atoms with Crippen LogP contribution in [0.2, 0.25) is 0 Å². The van der Waals surface area contributed by atoms with E-state index in [2.05, 4.69) is 24.3 Å². The van der Waals surface area contributed by atoms with Crippen molar-refractivity contribution in [3.05, 3.63) is 17.5 Å². The molecule has 0 saturated carbocycles. The lowest BCUT2D eigenvalue weighted by Crippen LogP contribution is -2.41. The fraction of sp³-hybridized carbons (Fsp3) is 0.765. The predicted octanol–water partition coefficient (Wildman–Crippen LogP) is 2.63. The van der Waals surface area contributed by atoms with Gasteiger partial charge in [0, 0.05) is 25.2 Å². The number of hydrogen-bond donors (Lipinski definition) is 2. The Labute approximate surface area is 134 Å². The third kappa shape index (κ3) is 5.44. The maximum absolute atomic E-state index is 12.4. The molecule has 5 nitrogen and oxygen atoms in total. The number of rotatable bonds is 6. The minimum Gasteiger partial charge on any atom is -0.388 e. The van der Waals surface area contributed by atoms with E-state index in [1.165, 1.54) is 0 Å². The zero-order chi connectivity index (χ0) is 17.1. The van der Waals surface area contributed by atoms with Crippen molar-refractivity contribution in [2.45, 2.75) is 65.4 Å². The van der Waals surface area contributed by atoms with Gasteiger partial charge in [-0.15, -0.1) is 0 Å². The van der Waals surface area contributed by atoms with Crippen molar-refractivity contribution in [3.63, 3.8) is 0 Å². The van der Waals surface area contributed by atoms with Gasteiger partial charge < -0.3 is 10.4 Å². The van der Waals surface area contributed by atoms with Crippen molar-refractivity contribution >= 4 is 5.91 Å². The number of aliphatic hydroxyl groups is 1. The van der Waals surface area contributed by atoms with Crippen LogP contribution in [0.1, 0.15) is 70.4 Å². The van der Waals surface area contributed by atoms with Crippen molar-refractivity contribution < 1.29 is 9.90 Å². The van der Waals surface area contributed by atoms with Crippen molar-refractivity contribution in [2.24, 2.45) is 13.0 Å². The molecule has 1 atom stereocenters. The molecule has 22 heavy (non-hydrogen) atoms. The monoisotopic (exact) mass is 309 g/mol. The van der Waals surface area contributed by atoms with Crippen LogP contribution in [0.5, 0.6) is 0 Å². The Morgan fingerprint density at radius 3 is 2.45 bits per heavy atom. The van der Waals surface area contributed by atoms with Gasteiger partial charge in [-0.1, -0.05) is 34.6 Å². The fourth-order valence-electron chi connectivity index (χ4n) is 2.26. The first kappa shape index (κ1) is 18.7. The molecule has 0 fully saturated rings. The first-order chi connectivity index (χ1) is 9.92. The van der Waals surface area contributed by atoms with Crippen molar-refractivity contribution in [1.29, 1.82) is 0 Å². The number of nitrogens with zero attached hydrogens (tertiary/aromatic N) is 2. The number of nitrogens with one attached hydrogen (secondary N) is 1. The number of amides is 1. The predicted molar refractivity (Wildman–Crippen MR) is 88.9 cm³/mol. The van der Waals surface area contributed by atoms with E-state index in [1.54, 1.807) is 17.8 Å². The second kappa shape index (κ2) is 6.82. The van der Waals surface area contributed by atoms with Gasteiger partial charge in [0.25, 0.3) is 5.91 Å². The summed E-state index contributed by atoms with van der Waals surface area (Å²) >= 11 is 0. The van der Waals surface area contributed by atoms with E-state index >= 15 is 0 Å². The van der Waals surface area contributed by atoms with E-state index in [1.807, 2.05) is 27.8 Å². The Hall–Kier alpha value is -1.36. The summed E-state index contributed by atoms with van der Waals surface area (Å²) < 4.78 is 1.66. The van der Waals surface area contributed by atoms with Crippen LogP contribution in [-0.2, 0) is 12.5 Å². The van der Waals surface area contributed by atoms with Crippen LogP contribution in [0.4, 0.5) is 0 Å². The van der Waals surface area contributed by atoms with Crippen LogP contribution in [0.3, 0.4) is 0 Å². The lowest BCUT2D eigenvalue weighted by molar-refractivity contribution is 0.0429. The first-order valence-electron chi connectivity index (χ1n) is 7.97. The maximum Gasteiger partial charge on any atom is 0.254 e. The smallest absolute Gasteiger partial charge is 0.254 e. The minimum atomic E-state index is -0.885. The highest BCUT2D eigenvalue weighted by Gasteiger charge is 2.27. The molecule has 1 unspecified atom stereocenters. The highest BCUT2D eigenvalue weighted by Crippen LogP contribution is 2.24. The molecule has 0 bridgehead atoms. The number of carbonyl (C=O) groups excluding carboxylic acids is 1. The van der Waals surface area contributed by atoms with E-state index in [-0.39, 0.29) is 17.9 Å². The molecule has 0 saturated heterocycles. The summed E-state index contributed by atoms with van der Waals surface area (Å²) in [5.74, 6) is 0.357. The Morgan fingerprint density at radius 1 is 1.36 bits per heavy atom. The molecule has 1 heterocycles. The lowest BCUT2D eigenvalue weighted by Gasteiger charge is -2.25. The van der Waals surface area contributed by atoms with Crippen LogP contribution in [0, 0.1) is 5.92 Å². The van der Waals surface area contributed by atoms with E-state index in [4.69, 9.17) is 0 Å². The van der Waals surface area contributed by atoms with Crippen molar-refractivity contribution in [2.75, 3.05) is 6.54 Å². The average molecular weight is 309 g/mol. The Bertz CT molecular complexity index is 510. The molecule has 5 heteroatoms. The molecule has 0 radical (unpaired) electrons. The van der Waals surface area contributed by atoms with Crippen molar-refractivity contribution in [3.8, 4) is 0 Å². The summed E-state index contributed by atoms with van der Waals surface area (Å²) in [6.45, 7) is 12.4. The highest BCUT2D eigenvalue weighted by atomic mass is 16.3. The summed E-state index contributed by atoms with van der Waals surface area (Å²) in [5, 5.41) is 17.6. The molecule has 2 N–H and O–H groups in total. The van der Waals surface area contributed by atoms with Gasteiger partial charge in [-0.05, 0) is 25.7 Å². The van der Waals surface area contributed by atoms with Gasteiger partial charge in [0.2, 0.25) is 0 Å². The Morgan fingerprint density at radius 2 is 1.95 bits per heavy atom. The molecule has 1 aromatic rings.